The SMILES string of the molecule is CCOC(=O)c1cc(-n2ccnc2C#N)ccc1N. The molecule has 6 nitrogen and oxygen atoms in total. The van der Waals surface area contributed by atoms with E-state index in [0.29, 0.717) is 11.4 Å². The molecule has 96 valence electrons. The number of carbonyl (C=O) groups is 1. The minimum atomic E-state index is -0.486. The molecule has 2 N–H and O–H groups in total. The van der Waals surface area contributed by atoms with Gasteiger partial charge >= 0.3 is 5.97 Å². The van der Waals surface area contributed by atoms with Crippen LogP contribution < -0.4 is 5.73 Å². The highest BCUT2D eigenvalue weighted by Crippen LogP contribution is 2.19. The zero-order chi connectivity index (χ0) is 13.8. The molecule has 0 fully saturated rings. The molecule has 0 spiro atoms. The second kappa shape index (κ2) is 5.23. The van der Waals surface area contributed by atoms with Gasteiger partial charge in [0.2, 0.25) is 5.82 Å². The van der Waals surface area contributed by atoms with Gasteiger partial charge in [-0.2, -0.15) is 5.26 Å². The Kier molecular flexibility index (Phi) is 3.48. The number of hydrogen-bond acceptors (Lipinski definition) is 5. The van der Waals surface area contributed by atoms with Crippen LogP contribution in [0.5, 0.6) is 0 Å². The lowest BCUT2D eigenvalue weighted by atomic mass is 10.1. The summed E-state index contributed by atoms with van der Waals surface area (Å²) >= 11 is 0. The highest BCUT2D eigenvalue weighted by Gasteiger charge is 2.13. The van der Waals surface area contributed by atoms with Crippen molar-refractivity contribution in [3.63, 3.8) is 0 Å². The van der Waals surface area contributed by atoms with Crippen LogP contribution in [0.3, 0.4) is 0 Å². The van der Waals surface area contributed by atoms with E-state index in [-0.39, 0.29) is 18.0 Å². The van der Waals surface area contributed by atoms with Crippen LogP contribution in [0.1, 0.15) is 23.1 Å². The van der Waals surface area contributed by atoms with Gasteiger partial charge in [0, 0.05) is 23.8 Å². The highest BCUT2D eigenvalue weighted by atomic mass is 16.5. The quantitative estimate of drug-likeness (QED) is 0.663. The molecule has 1 heterocycles. The monoisotopic (exact) mass is 256 g/mol. The van der Waals surface area contributed by atoms with Gasteiger partial charge in [-0.1, -0.05) is 0 Å². The van der Waals surface area contributed by atoms with Crippen molar-refractivity contribution in [2.45, 2.75) is 6.92 Å². The fraction of sp³-hybridized carbons (Fsp3) is 0.154. The smallest absolute Gasteiger partial charge is 0.340 e. The number of aromatic nitrogens is 2. The van der Waals surface area contributed by atoms with Crippen LogP contribution in [0, 0.1) is 11.3 Å². The van der Waals surface area contributed by atoms with Crippen LogP contribution in [-0.4, -0.2) is 22.1 Å². The number of anilines is 1. The number of nitriles is 1. The molecule has 0 atom stereocenters. The number of benzene rings is 1. The van der Waals surface area contributed by atoms with Crippen molar-refractivity contribution in [1.82, 2.24) is 9.55 Å². The summed E-state index contributed by atoms with van der Waals surface area (Å²) < 4.78 is 6.50. The summed E-state index contributed by atoms with van der Waals surface area (Å²) in [5.74, 6) is -0.250. The average molecular weight is 256 g/mol. The van der Waals surface area contributed by atoms with Gasteiger partial charge < -0.3 is 10.5 Å². The second-order valence-corrected chi connectivity index (χ2v) is 3.72. The van der Waals surface area contributed by atoms with Gasteiger partial charge in [-0.15, -0.1) is 0 Å². The van der Waals surface area contributed by atoms with Gasteiger partial charge in [-0.25, -0.2) is 9.78 Å². The van der Waals surface area contributed by atoms with Crippen LogP contribution in [0.2, 0.25) is 0 Å². The van der Waals surface area contributed by atoms with E-state index in [1.165, 1.54) is 6.20 Å². The predicted molar refractivity (Wildman–Crippen MR) is 68.6 cm³/mol. The van der Waals surface area contributed by atoms with Gasteiger partial charge in [0.1, 0.15) is 6.07 Å². The number of nitrogens with two attached hydrogens (primary N) is 1. The third-order valence-electron chi connectivity index (χ3n) is 2.55. The van der Waals surface area contributed by atoms with Crippen molar-refractivity contribution in [2.75, 3.05) is 12.3 Å². The fourth-order valence-corrected chi connectivity index (χ4v) is 1.67. The van der Waals surface area contributed by atoms with Gasteiger partial charge in [0.25, 0.3) is 0 Å². The van der Waals surface area contributed by atoms with Gasteiger partial charge in [-0.3, -0.25) is 4.57 Å². The van der Waals surface area contributed by atoms with E-state index < -0.39 is 5.97 Å². The molecule has 19 heavy (non-hydrogen) atoms. The minimum absolute atomic E-state index is 0.236. The lowest BCUT2D eigenvalue weighted by molar-refractivity contribution is 0.0527. The first-order valence-corrected chi connectivity index (χ1v) is 5.67. The molecule has 0 bridgehead atoms. The number of esters is 1. The van der Waals surface area contributed by atoms with Gasteiger partial charge in [0.05, 0.1) is 12.2 Å². The number of nitrogens with zero attached hydrogens (tertiary/aromatic N) is 3. The summed E-state index contributed by atoms with van der Waals surface area (Å²) in [6.07, 6.45) is 3.15. The number of nitrogen functional groups attached to an aromatic ring is 1. The van der Waals surface area contributed by atoms with E-state index in [4.69, 9.17) is 15.7 Å². The molecule has 0 amide bonds. The zero-order valence-electron chi connectivity index (χ0n) is 10.3. The van der Waals surface area contributed by atoms with Crippen LogP contribution in [-0.2, 0) is 4.74 Å². The summed E-state index contributed by atoms with van der Waals surface area (Å²) in [6, 6.07) is 6.86. The van der Waals surface area contributed by atoms with Gasteiger partial charge in [-0.05, 0) is 25.1 Å². The van der Waals surface area contributed by atoms with Crippen molar-refractivity contribution in [3.05, 3.63) is 42.0 Å². The third kappa shape index (κ3) is 2.40. The number of ether oxygens (including phenoxy) is 1. The highest BCUT2D eigenvalue weighted by molar-refractivity contribution is 5.95. The minimum Gasteiger partial charge on any atom is -0.462 e. The molecule has 0 unspecified atom stereocenters. The van der Waals surface area contributed by atoms with E-state index in [2.05, 4.69) is 4.98 Å². The molecule has 1 aromatic carbocycles. The summed E-state index contributed by atoms with van der Waals surface area (Å²) in [5, 5.41) is 8.94. The first-order valence-electron chi connectivity index (χ1n) is 5.67. The van der Waals surface area contributed by atoms with E-state index in [1.54, 1.807) is 35.9 Å². The Morgan fingerprint density at radius 3 is 3.05 bits per heavy atom. The Hall–Kier alpha value is -2.81. The summed E-state index contributed by atoms with van der Waals surface area (Å²) in [6.45, 7) is 2.00. The zero-order valence-corrected chi connectivity index (χ0v) is 10.3. The maximum Gasteiger partial charge on any atom is 0.340 e. The van der Waals surface area contributed by atoms with Crippen molar-refractivity contribution in [1.29, 1.82) is 5.26 Å². The van der Waals surface area contributed by atoms with E-state index in [1.807, 2.05) is 6.07 Å². The van der Waals surface area contributed by atoms with Crippen molar-refractivity contribution < 1.29 is 9.53 Å². The Morgan fingerprint density at radius 1 is 1.58 bits per heavy atom. The number of carbonyl (C=O) groups excluding carboxylic acids is 1. The molecule has 2 rings (SSSR count). The maximum absolute atomic E-state index is 11.7. The largest absolute Gasteiger partial charge is 0.462 e. The molecule has 0 aliphatic rings. The predicted octanol–water partition coefficient (Wildman–Crippen LogP) is 1.50. The molecule has 0 aliphatic carbocycles. The van der Waals surface area contributed by atoms with Crippen LogP contribution in [0.4, 0.5) is 5.69 Å². The number of rotatable bonds is 3. The second-order valence-electron chi connectivity index (χ2n) is 3.72. The van der Waals surface area contributed by atoms with Crippen molar-refractivity contribution in [2.24, 2.45) is 0 Å². The van der Waals surface area contributed by atoms with Crippen molar-refractivity contribution >= 4 is 11.7 Å². The summed E-state index contributed by atoms with van der Waals surface area (Å²) in [7, 11) is 0. The number of hydrogen-bond donors (Lipinski definition) is 1. The lowest BCUT2D eigenvalue weighted by Crippen LogP contribution is -2.09. The van der Waals surface area contributed by atoms with E-state index >= 15 is 0 Å². The van der Waals surface area contributed by atoms with E-state index in [9.17, 15) is 4.79 Å². The molecule has 1 aromatic heterocycles. The maximum atomic E-state index is 11.7. The lowest BCUT2D eigenvalue weighted by Gasteiger charge is -2.09. The molecule has 0 saturated heterocycles. The molecule has 2 aromatic rings. The Bertz CT molecular complexity index is 655. The average Bonchev–Trinajstić information content (AvgIpc) is 2.88. The first-order chi connectivity index (χ1) is 9.17. The molecular formula is C13H12N4O2. The third-order valence-corrected chi connectivity index (χ3v) is 2.55. The van der Waals surface area contributed by atoms with Crippen LogP contribution >= 0.6 is 0 Å². The number of imidazole rings is 1. The van der Waals surface area contributed by atoms with Gasteiger partial charge in [0.15, 0.2) is 0 Å². The summed E-state index contributed by atoms with van der Waals surface area (Å²) in [5.41, 5.74) is 6.99. The molecule has 0 aliphatic heterocycles. The Labute approximate surface area is 110 Å². The Balaban J connectivity index is 2.47. The Morgan fingerprint density at radius 2 is 2.37 bits per heavy atom. The van der Waals surface area contributed by atoms with Crippen LogP contribution in [0.25, 0.3) is 5.69 Å². The standard InChI is InChI=1S/C13H12N4O2/c1-2-19-13(18)10-7-9(3-4-11(10)15)17-6-5-16-12(17)8-14/h3-7H,2,15H2,1H3. The molecule has 0 radical (unpaired) electrons. The molecular weight excluding hydrogens is 244 g/mol. The molecule has 0 saturated carbocycles. The topological polar surface area (TPSA) is 93.9 Å². The van der Waals surface area contributed by atoms with Crippen molar-refractivity contribution in [3.8, 4) is 11.8 Å². The van der Waals surface area contributed by atoms with Crippen LogP contribution in [0.15, 0.2) is 30.6 Å². The fourth-order valence-electron chi connectivity index (χ4n) is 1.67. The summed E-state index contributed by atoms with van der Waals surface area (Å²) in [4.78, 5) is 15.6. The first kappa shape index (κ1) is 12.6. The molecule has 6 heteroatoms. The van der Waals surface area contributed by atoms with E-state index in [0.717, 1.165) is 0 Å². The normalized spacial score (nSPS) is 9.89.